The first-order valence-electron chi connectivity index (χ1n) is 7.42. The quantitative estimate of drug-likeness (QED) is 0.393. The molecule has 0 radical (unpaired) electrons. The van der Waals surface area contributed by atoms with E-state index >= 15 is 0 Å². The number of carbonyl (C=O) groups excluding carboxylic acids is 2. The van der Waals surface area contributed by atoms with Gasteiger partial charge in [-0.2, -0.15) is 8.78 Å². The molecule has 1 aromatic rings. The zero-order valence-electron chi connectivity index (χ0n) is 13.1. The number of nitrogens with zero attached hydrogens (tertiary/aromatic N) is 1. The molecule has 0 aromatic heterocycles. The summed E-state index contributed by atoms with van der Waals surface area (Å²) in [7, 11) is 1.71. The summed E-state index contributed by atoms with van der Waals surface area (Å²) in [5.41, 5.74) is 0.453. The van der Waals surface area contributed by atoms with Crippen LogP contribution in [0.5, 0.6) is 0 Å². The van der Waals surface area contributed by atoms with Gasteiger partial charge < -0.3 is 14.3 Å². The van der Waals surface area contributed by atoms with E-state index in [1.807, 2.05) is 0 Å². The van der Waals surface area contributed by atoms with Gasteiger partial charge >= 0.3 is 12.6 Å². The highest BCUT2D eigenvalue weighted by Gasteiger charge is 2.35. The summed E-state index contributed by atoms with van der Waals surface area (Å²) in [5.74, 6) is -0.986. The number of carbonyl (C=O) groups is 2. The number of hydrogen-bond acceptors (Lipinski definition) is 5. The molecule has 1 saturated heterocycles. The number of alkyl halides is 2. The third-order valence-electron chi connectivity index (χ3n) is 3.88. The fourth-order valence-corrected chi connectivity index (χ4v) is 2.93. The van der Waals surface area contributed by atoms with Crippen molar-refractivity contribution in [1.82, 2.24) is 4.81 Å². The lowest BCUT2D eigenvalue weighted by Gasteiger charge is -2.17. The lowest BCUT2D eigenvalue weighted by Crippen LogP contribution is -2.36. The number of rotatable bonds is 7. The van der Waals surface area contributed by atoms with Crippen molar-refractivity contribution >= 4 is 35.7 Å². The maximum absolute atomic E-state index is 12.1. The van der Waals surface area contributed by atoms with Crippen LogP contribution in [0.15, 0.2) is 28.7 Å². The molecule has 24 heavy (non-hydrogen) atoms. The first kappa shape index (κ1) is 19.0. The van der Waals surface area contributed by atoms with E-state index in [-0.39, 0.29) is 24.9 Å². The highest BCUT2D eigenvalue weighted by Crippen LogP contribution is 2.23. The van der Waals surface area contributed by atoms with E-state index in [1.54, 1.807) is 37.1 Å². The highest BCUT2D eigenvalue weighted by molar-refractivity contribution is 9.10. The van der Waals surface area contributed by atoms with Gasteiger partial charge in [0, 0.05) is 10.0 Å². The van der Waals surface area contributed by atoms with Gasteiger partial charge in [0.2, 0.25) is 0 Å². The van der Waals surface area contributed by atoms with E-state index in [4.69, 9.17) is 4.74 Å². The maximum atomic E-state index is 12.1. The normalized spacial score (nSPS) is 21.2. The smallest absolute Gasteiger partial charge is 0.345 e. The molecule has 0 bridgehead atoms. The highest BCUT2D eigenvalue weighted by atomic mass is 79.9. The van der Waals surface area contributed by atoms with Crippen molar-refractivity contribution in [2.45, 2.75) is 19.1 Å². The third-order valence-corrected chi connectivity index (χ3v) is 4.41. The minimum atomic E-state index is -2.81. The van der Waals surface area contributed by atoms with Crippen LogP contribution in [0.25, 0.3) is 0 Å². The summed E-state index contributed by atoms with van der Waals surface area (Å²) >= 11 is 3.28. The van der Waals surface area contributed by atoms with E-state index in [0.29, 0.717) is 18.5 Å². The fraction of sp³-hybridized carbons (Fsp3) is 0.467. The summed E-state index contributed by atoms with van der Waals surface area (Å²) in [6.45, 7) is -2.80. The average Bonchev–Trinajstić information content (AvgIpc) is 2.92. The minimum Gasteiger partial charge on any atom is -0.456 e. The van der Waals surface area contributed by atoms with Gasteiger partial charge in [0.15, 0.2) is 20.4 Å². The van der Waals surface area contributed by atoms with Crippen LogP contribution < -0.4 is 0 Å². The van der Waals surface area contributed by atoms with Crippen molar-refractivity contribution in [3.8, 4) is 0 Å². The Morgan fingerprint density at radius 3 is 2.62 bits per heavy atom. The van der Waals surface area contributed by atoms with Crippen LogP contribution in [-0.4, -0.2) is 57.0 Å². The summed E-state index contributed by atoms with van der Waals surface area (Å²) in [6.07, 6.45) is 0.370. The predicted octanol–water partition coefficient (Wildman–Crippen LogP) is 1.65. The van der Waals surface area contributed by atoms with E-state index in [0.717, 1.165) is 4.47 Å². The molecule has 1 fully saturated rings. The number of benzene rings is 1. The Bertz CT molecular complexity index is 587. The second kappa shape index (κ2) is 8.69. The summed E-state index contributed by atoms with van der Waals surface area (Å²) in [6, 6.07) is 6.19. The number of ether oxygens (including phenoxy) is 2. The van der Waals surface area contributed by atoms with Crippen LogP contribution in [0.3, 0.4) is 0 Å². The Kier molecular flexibility index (Phi) is 6.88. The molecule has 2 rings (SSSR count). The van der Waals surface area contributed by atoms with Gasteiger partial charge in [0.05, 0.1) is 12.6 Å². The van der Waals surface area contributed by atoms with Crippen molar-refractivity contribution in [1.29, 1.82) is 0 Å². The number of Topliss-reactive ketones (excluding diaryl/α,β-unsaturated/α-hetero) is 1. The summed E-state index contributed by atoms with van der Waals surface area (Å²) in [5, 5.41) is 0. The molecule has 0 spiro atoms. The molecular weight excluding hydrogens is 387 g/mol. The van der Waals surface area contributed by atoms with Gasteiger partial charge in [0.1, 0.15) is 0 Å². The Hall–Kier alpha value is -1.32. The molecule has 130 valence electrons. The minimum absolute atomic E-state index is 0.108. The van der Waals surface area contributed by atoms with Crippen LogP contribution in [0.1, 0.15) is 16.8 Å². The second-order valence-corrected chi connectivity index (χ2v) is 6.60. The maximum Gasteiger partial charge on any atom is 0.345 e. The van der Waals surface area contributed by atoms with Gasteiger partial charge in [-0.05, 0) is 31.0 Å². The lowest BCUT2D eigenvalue weighted by atomic mass is 10.1. The van der Waals surface area contributed by atoms with Crippen LogP contribution in [0.4, 0.5) is 8.78 Å². The first-order chi connectivity index (χ1) is 11.4. The Morgan fingerprint density at radius 2 is 2.00 bits per heavy atom. The van der Waals surface area contributed by atoms with Gasteiger partial charge in [-0.25, -0.2) is 0 Å². The van der Waals surface area contributed by atoms with Gasteiger partial charge in [-0.15, -0.1) is 0 Å². The predicted molar refractivity (Wildman–Crippen MR) is 88.5 cm³/mol. The Balaban J connectivity index is 1.81. The molecule has 0 amide bonds. The van der Waals surface area contributed by atoms with Crippen molar-refractivity contribution in [2.75, 3.05) is 19.8 Å². The monoisotopic (exact) mass is 403 g/mol. The van der Waals surface area contributed by atoms with Gasteiger partial charge in [0.25, 0.3) is 0 Å². The number of esters is 1. The molecule has 0 saturated carbocycles. The van der Waals surface area contributed by atoms with E-state index < -0.39 is 18.6 Å². The van der Waals surface area contributed by atoms with Gasteiger partial charge in [-0.1, -0.05) is 28.1 Å². The molecule has 1 aliphatic heterocycles. The molecule has 1 unspecified atom stereocenters. The Labute approximate surface area is 147 Å². The van der Waals surface area contributed by atoms with Crippen molar-refractivity contribution in [3.05, 3.63) is 34.3 Å². The molecule has 5 nitrogen and oxygen atoms in total. The van der Waals surface area contributed by atoms with Crippen LogP contribution in [0.2, 0.25) is 0 Å². The topological polar surface area (TPSA) is 55.8 Å². The zero-order chi connectivity index (χ0) is 17.7. The van der Waals surface area contributed by atoms with Crippen molar-refractivity contribution < 1.29 is 27.8 Å². The van der Waals surface area contributed by atoms with Crippen molar-refractivity contribution in [3.63, 3.8) is 0 Å². The van der Waals surface area contributed by atoms with Crippen molar-refractivity contribution in [2.24, 2.45) is 5.92 Å². The summed E-state index contributed by atoms with van der Waals surface area (Å²) < 4.78 is 34.4. The molecule has 9 heteroatoms. The third kappa shape index (κ3) is 5.36. The van der Waals surface area contributed by atoms with E-state index in [2.05, 4.69) is 20.7 Å². The molecule has 1 aliphatic rings. The van der Waals surface area contributed by atoms with Gasteiger partial charge in [-0.3, -0.25) is 9.59 Å². The fourth-order valence-electron chi connectivity index (χ4n) is 2.66. The molecule has 2 atom stereocenters. The molecule has 1 aromatic carbocycles. The molecule has 0 aliphatic carbocycles. The average molecular weight is 404 g/mol. The van der Waals surface area contributed by atoms with Crippen LogP contribution in [0, 0.1) is 5.92 Å². The SMILES string of the molecule is BN1CC(COC(F)F)C[C@H]1C(=O)OCC(=O)c1ccc(Br)cc1. The zero-order valence-corrected chi connectivity index (χ0v) is 14.7. The van der Waals surface area contributed by atoms with Crippen LogP contribution in [-0.2, 0) is 14.3 Å². The van der Waals surface area contributed by atoms with E-state index in [1.165, 1.54) is 0 Å². The number of hydrogen-bond donors (Lipinski definition) is 0. The first-order valence-corrected chi connectivity index (χ1v) is 8.21. The van der Waals surface area contributed by atoms with E-state index in [9.17, 15) is 18.4 Å². The standard InChI is InChI=1S/C15H17BBrF2NO4/c16-20-6-9(7-24-15(18)19)5-12(20)14(22)23-8-13(21)10-1-3-11(17)4-2-10/h1-4,9,12,15H,5-8,16H2/t9?,12-/m0/s1. The number of ketones is 1. The molecule has 1 heterocycles. The molecule has 0 N–H and O–H groups in total. The summed E-state index contributed by atoms with van der Waals surface area (Å²) in [4.78, 5) is 25.8. The van der Waals surface area contributed by atoms with Crippen LogP contribution >= 0.6 is 15.9 Å². The number of halogens is 3. The lowest BCUT2D eigenvalue weighted by molar-refractivity contribution is -0.146. The second-order valence-electron chi connectivity index (χ2n) is 5.69. The largest absolute Gasteiger partial charge is 0.456 e. The Morgan fingerprint density at radius 1 is 1.33 bits per heavy atom. The molecular formula is C15H17BBrF2NO4.